The van der Waals surface area contributed by atoms with Crippen LogP contribution in [0.5, 0.6) is 0 Å². The molecule has 0 fully saturated rings. The van der Waals surface area contributed by atoms with Gasteiger partial charge in [0.15, 0.2) is 5.76 Å². The van der Waals surface area contributed by atoms with Gasteiger partial charge in [-0.15, -0.1) is 11.3 Å². The lowest BCUT2D eigenvalue weighted by molar-refractivity contribution is 0.0997. The second-order valence-corrected chi connectivity index (χ2v) is 7.73. The van der Waals surface area contributed by atoms with Crippen LogP contribution in [0.4, 0.5) is 10.8 Å². The van der Waals surface area contributed by atoms with Crippen LogP contribution in [-0.4, -0.2) is 15.9 Å². The maximum atomic E-state index is 12.6. The van der Waals surface area contributed by atoms with Gasteiger partial charge in [-0.1, -0.05) is 12.1 Å². The van der Waals surface area contributed by atoms with Gasteiger partial charge in [-0.25, -0.2) is 4.98 Å². The Morgan fingerprint density at radius 1 is 1.03 bits per heavy atom. The zero-order valence-electron chi connectivity index (χ0n) is 16.0. The molecule has 2 N–H and O–H groups in total. The van der Waals surface area contributed by atoms with Gasteiger partial charge in [0.1, 0.15) is 10.8 Å². The number of hydrogen-bond donors (Lipinski definition) is 2. The summed E-state index contributed by atoms with van der Waals surface area (Å²) >= 11 is 1.54. The van der Waals surface area contributed by atoms with Crippen molar-refractivity contribution in [2.24, 2.45) is 0 Å². The molecule has 0 aliphatic carbocycles. The Bertz CT molecular complexity index is 1090. The maximum Gasteiger partial charge on any atom is 0.291 e. The largest absolute Gasteiger partial charge is 0.459 e. The molecule has 4 heterocycles. The second-order valence-electron chi connectivity index (χ2n) is 6.50. The summed E-state index contributed by atoms with van der Waals surface area (Å²) in [5.41, 5.74) is 2.91. The molecule has 0 aliphatic rings. The van der Waals surface area contributed by atoms with E-state index in [0.29, 0.717) is 0 Å². The van der Waals surface area contributed by atoms with Crippen LogP contribution in [0.15, 0.2) is 71.6 Å². The van der Waals surface area contributed by atoms with Crippen LogP contribution in [0.25, 0.3) is 0 Å². The number of rotatable bonds is 6. The Kier molecular flexibility index (Phi) is 5.39. The first-order valence-corrected chi connectivity index (χ1v) is 9.98. The average molecular weight is 404 g/mol. The molecule has 6 nitrogen and oxygen atoms in total. The zero-order chi connectivity index (χ0) is 20.2. The topological polar surface area (TPSA) is 80.0 Å². The Morgan fingerprint density at radius 3 is 2.48 bits per heavy atom. The molecule has 29 heavy (non-hydrogen) atoms. The molecular weight excluding hydrogens is 384 g/mol. The van der Waals surface area contributed by atoms with Crippen molar-refractivity contribution in [3.05, 3.63) is 94.6 Å². The third-order valence-electron chi connectivity index (χ3n) is 4.63. The molecule has 0 spiro atoms. The summed E-state index contributed by atoms with van der Waals surface area (Å²) in [5.74, 6) is 0.719. The summed E-state index contributed by atoms with van der Waals surface area (Å²) in [5, 5.41) is 7.25. The van der Waals surface area contributed by atoms with E-state index >= 15 is 0 Å². The minimum Gasteiger partial charge on any atom is -0.459 e. The van der Waals surface area contributed by atoms with Gasteiger partial charge in [0.05, 0.1) is 18.0 Å². The van der Waals surface area contributed by atoms with Crippen LogP contribution in [0.3, 0.4) is 0 Å². The normalized spacial score (nSPS) is 11.8. The van der Waals surface area contributed by atoms with Gasteiger partial charge in [-0.3, -0.25) is 9.78 Å². The third-order valence-corrected chi connectivity index (χ3v) is 5.77. The summed E-state index contributed by atoms with van der Waals surface area (Å²) in [7, 11) is 0. The summed E-state index contributed by atoms with van der Waals surface area (Å²) in [6.07, 6.45) is 4.99. The summed E-state index contributed by atoms with van der Waals surface area (Å²) < 4.78 is 5.24. The number of aryl methyl sites for hydroxylation is 1. The fraction of sp³-hybridized carbons (Fsp3) is 0.136. The van der Waals surface area contributed by atoms with Crippen molar-refractivity contribution in [2.75, 3.05) is 10.6 Å². The average Bonchev–Trinajstić information content (AvgIpc) is 3.37. The van der Waals surface area contributed by atoms with Crippen molar-refractivity contribution >= 4 is 28.1 Å². The summed E-state index contributed by atoms with van der Waals surface area (Å²) in [4.78, 5) is 22.7. The number of hydrogen-bond acceptors (Lipinski definition) is 6. The molecule has 0 aliphatic heterocycles. The van der Waals surface area contributed by atoms with Crippen molar-refractivity contribution in [1.29, 1.82) is 0 Å². The van der Waals surface area contributed by atoms with E-state index in [1.54, 1.807) is 24.5 Å². The van der Waals surface area contributed by atoms with Gasteiger partial charge in [0.2, 0.25) is 0 Å². The molecule has 1 atom stereocenters. The van der Waals surface area contributed by atoms with E-state index in [2.05, 4.69) is 27.5 Å². The van der Waals surface area contributed by atoms with E-state index in [1.165, 1.54) is 17.6 Å². The fourth-order valence-corrected chi connectivity index (χ4v) is 4.19. The van der Waals surface area contributed by atoms with Gasteiger partial charge in [-0.05, 0) is 55.8 Å². The number of anilines is 2. The number of aromatic nitrogens is 2. The van der Waals surface area contributed by atoms with Gasteiger partial charge in [0.25, 0.3) is 5.91 Å². The minimum atomic E-state index is -0.282. The molecule has 4 aromatic heterocycles. The van der Waals surface area contributed by atoms with Crippen molar-refractivity contribution < 1.29 is 9.21 Å². The van der Waals surface area contributed by atoms with Crippen LogP contribution in [0.2, 0.25) is 0 Å². The van der Waals surface area contributed by atoms with Crippen molar-refractivity contribution in [3.63, 3.8) is 0 Å². The van der Waals surface area contributed by atoms with E-state index < -0.39 is 0 Å². The first-order valence-electron chi connectivity index (χ1n) is 9.16. The first kappa shape index (κ1) is 18.9. The molecule has 7 heteroatoms. The summed E-state index contributed by atoms with van der Waals surface area (Å²) in [6, 6.07) is 14.6. The van der Waals surface area contributed by atoms with Gasteiger partial charge >= 0.3 is 0 Å². The quantitative estimate of drug-likeness (QED) is 0.462. The van der Waals surface area contributed by atoms with E-state index in [-0.39, 0.29) is 17.7 Å². The smallest absolute Gasteiger partial charge is 0.291 e. The zero-order valence-corrected chi connectivity index (χ0v) is 16.9. The number of thiophene rings is 1. The number of carbonyl (C=O) groups excluding carboxylic acids is 1. The van der Waals surface area contributed by atoms with Crippen LogP contribution in [0.1, 0.15) is 38.3 Å². The highest BCUT2D eigenvalue weighted by Crippen LogP contribution is 2.40. The van der Waals surface area contributed by atoms with Gasteiger partial charge in [0, 0.05) is 22.8 Å². The molecule has 4 rings (SSSR count). The highest BCUT2D eigenvalue weighted by Gasteiger charge is 2.26. The number of furan rings is 1. The van der Waals surface area contributed by atoms with Crippen molar-refractivity contribution in [1.82, 2.24) is 9.97 Å². The Hall–Kier alpha value is -3.45. The molecule has 0 aromatic carbocycles. The molecule has 146 valence electrons. The highest BCUT2D eigenvalue weighted by atomic mass is 32.1. The molecule has 0 saturated carbocycles. The molecule has 0 radical (unpaired) electrons. The van der Waals surface area contributed by atoms with Gasteiger partial charge in [-0.2, -0.15) is 0 Å². The van der Waals surface area contributed by atoms with Gasteiger partial charge < -0.3 is 15.1 Å². The lowest BCUT2D eigenvalue weighted by atomic mass is 10.00. The Balaban J connectivity index is 1.76. The molecule has 0 saturated heterocycles. The standard InChI is InChI=1S/C22H20N4O2S/c1-14-15(2)29-22(26-21(27)17-9-7-13-28-17)19(14)20(16-8-3-5-11-23-16)25-18-10-4-6-12-24-18/h3-13,20H,1-2H3,(H,24,25)(H,26,27)/t20-/m1/s1. The van der Waals surface area contributed by atoms with E-state index in [9.17, 15) is 4.79 Å². The highest BCUT2D eigenvalue weighted by molar-refractivity contribution is 7.16. The van der Waals surface area contributed by atoms with Crippen molar-refractivity contribution in [3.8, 4) is 0 Å². The first-order chi connectivity index (χ1) is 14.1. The predicted octanol–water partition coefficient (Wildman–Crippen LogP) is 5.20. The number of nitrogens with one attached hydrogen (secondary N) is 2. The maximum absolute atomic E-state index is 12.6. The number of pyridine rings is 2. The molecule has 0 unspecified atom stereocenters. The lowest BCUT2D eigenvalue weighted by Gasteiger charge is -2.21. The molecule has 1 amide bonds. The predicted molar refractivity (Wildman–Crippen MR) is 114 cm³/mol. The van der Waals surface area contributed by atoms with E-state index in [4.69, 9.17) is 4.42 Å². The van der Waals surface area contributed by atoms with E-state index in [0.717, 1.165) is 32.5 Å². The fourth-order valence-electron chi connectivity index (χ4n) is 3.09. The Labute approximate surface area is 172 Å². The molecular formula is C22H20N4O2S. The van der Waals surface area contributed by atoms with Crippen LogP contribution in [0, 0.1) is 13.8 Å². The van der Waals surface area contributed by atoms with E-state index in [1.807, 2.05) is 43.3 Å². The van der Waals surface area contributed by atoms with Crippen LogP contribution in [-0.2, 0) is 0 Å². The molecule has 0 bridgehead atoms. The minimum absolute atomic E-state index is 0.270. The number of carbonyl (C=O) groups is 1. The monoisotopic (exact) mass is 404 g/mol. The van der Waals surface area contributed by atoms with Crippen LogP contribution >= 0.6 is 11.3 Å². The Morgan fingerprint density at radius 2 is 1.83 bits per heavy atom. The third kappa shape index (κ3) is 4.05. The lowest BCUT2D eigenvalue weighted by Crippen LogP contribution is -2.18. The second kappa shape index (κ2) is 8.28. The van der Waals surface area contributed by atoms with Crippen molar-refractivity contribution in [2.45, 2.75) is 19.9 Å². The SMILES string of the molecule is Cc1sc(NC(=O)c2ccco2)c([C@H](Nc2ccccn2)c2ccccn2)c1C. The van der Waals surface area contributed by atoms with Crippen LogP contribution < -0.4 is 10.6 Å². The number of amides is 1. The summed E-state index contributed by atoms with van der Waals surface area (Å²) in [6.45, 7) is 4.10. The number of nitrogens with zero attached hydrogens (tertiary/aromatic N) is 2. The molecule has 4 aromatic rings.